The first kappa shape index (κ1) is 15.9. The Kier molecular flexibility index (Phi) is 5.29. The summed E-state index contributed by atoms with van der Waals surface area (Å²) in [5.41, 5.74) is 1.32. The second kappa shape index (κ2) is 6.32. The molecule has 0 saturated carbocycles. The van der Waals surface area contributed by atoms with Gasteiger partial charge in [0.05, 0.1) is 12.9 Å². The van der Waals surface area contributed by atoms with Gasteiger partial charge in [0.2, 0.25) is 0 Å². The van der Waals surface area contributed by atoms with Crippen LogP contribution in [0.15, 0.2) is 17.0 Å². The molecule has 0 N–H and O–H groups in total. The smallest absolute Gasteiger partial charge is 0.398 e. The lowest BCUT2D eigenvalue weighted by molar-refractivity contribution is -0.116. The van der Waals surface area contributed by atoms with Crippen LogP contribution in [-0.2, 0) is 11.2 Å². The monoisotopic (exact) mass is 292 g/mol. The van der Waals surface area contributed by atoms with E-state index in [0.29, 0.717) is 21.8 Å². The summed E-state index contributed by atoms with van der Waals surface area (Å²) in [6.07, 6.45) is -4.05. The van der Waals surface area contributed by atoms with Gasteiger partial charge in [-0.25, -0.2) is 0 Å². The van der Waals surface area contributed by atoms with Crippen LogP contribution in [0, 0.1) is 6.92 Å². The number of Topliss-reactive ketones (excluding diaryl/α,β-unsaturated/α-hetero) is 1. The number of aryl methyl sites for hydroxylation is 1. The fraction of sp³-hybridized carbons (Fsp3) is 0.462. The van der Waals surface area contributed by atoms with E-state index in [4.69, 9.17) is 4.74 Å². The zero-order valence-electron chi connectivity index (χ0n) is 10.9. The second-order valence-electron chi connectivity index (χ2n) is 4.21. The number of halogens is 3. The van der Waals surface area contributed by atoms with Crippen LogP contribution in [0.5, 0.6) is 5.75 Å². The van der Waals surface area contributed by atoms with Crippen molar-refractivity contribution in [1.82, 2.24) is 0 Å². The first-order valence-electron chi connectivity index (χ1n) is 5.59. The Morgan fingerprint density at radius 1 is 1.37 bits per heavy atom. The van der Waals surface area contributed by atoms with Gasteiger partial charge in [0, 0.05) is 16.9 Å². The van der Waals surface area contributed by atoms with Gasteiger partial charge >= 0.3 is 6.18 Å². The number of carbonyl (C=O) groups excluding carboxylic acids is 1. The molecule has 1 aromatic carbocycles. The Bertz CT molecular complexity index is 470. The molecular formula is C13H15F3O2S. The highest BCUT2D eigenvalue weighted by Crippen LogP contribution is 2.33. The van der Waals surface area contributed by atoms with E-state index in [2.05, 4.69) is 0 Å². The normalized spacial score (nSPS) is 11.5. The fourth-order valence-corrected chi connectivity index (χ4v) is 2.45. The van der Waals surface area contributed by atoms with Crippen molar-refractivity contribution in [3.8, 4) is 5.75 Å². The van der Waals surface area contributed by atoms with Crippen LogP contribution in [0.3, 0.4) is 0 Å². The van der Waals surface area contributed by atoms with Gasteiger partial charge < -0.3 is 4.74 Å². The maximum Gasteiger partial charge on any atom is 0.398 e. The van der Waals surface area contributed by atoms with Crippen LogP contribution in [0.1, 0.15) is 18.1 Å². The lowest BCUT2D eigenvalue weighted by atomic mass is 10.1. The van der Waals surface area contributed by atoms with E-state index in [1.165, 1.54) is 14.0 Å². The van der Waals surface area contributed by atoms with E-state index < -0.39 is 11.9 Å². The molecule has 0 aliphatic rings. The molecule has 6 heteroatoms. The highest BCUT2D eigenvalue weighted by molar-refractivity contribution is 7.99. The predicted molar refractivity (Wildman–Crippen MR) is 68.9 cm³/mol. The van der Waals surface area contributed by atoms with E-state index >= 15 is 0 Å². The molecule has 106 valence electrons. The third-order valence-corrected chi connectivity index (χ3v) is 3.63. The number of alkyl halides is 3. The lowest BCUT2D eigenvalue weighted by Gasteiger charge is -2.13. The first-order valence-corrected chi connectivity index (χ1v) is 6.58. The van der Waals surface area contributed by atoms with Gasteiger partial charge in [0.25, 0.3) is 0 Å². The molecule has 0 fully saturated rings. The Morgan fingerprint density at radius 2 is 2.00 bits per heavy atom. The van der Waals surface area contributed by atoms with Gasteiger partial charge in [-0.3, -0.25) is 4.79 Å². The number of ether oxygens (including phenoxy) is 1. The molecule has 2 nitrogen and oxygen atoms in total. The molecule has 0 aliphatic heterocycles. The van der Waals surface area contributed by atoms with E-state index in [1.54, 1.807) is 19.1 Å². The van der Waals surface area contributed by atoms with Crippen molar-refractivity contribution in [1.29, 1.82) is 0 Å². The molecule has 0 aromatic heterocycles. The number of rotatable bonds is 5. The van der Waals surface area contributed by atoms with Crippen molar-refractivity contribution in [2.24, 2.45) is 0 Å². The molecule has 0 radical (unpaired) electrons. The Labute approximate surface area is 114 Å². The average molecular weight is 292 g/mol. The summed E-state index contributed by atoms with van der Waals surface area (Å²) in [6.45, 7) is 3.15. The maximum atomic E-state index is 12.2. The topological polar surface area (TPSA) is 26.3 Å². The molecule has 0 aliphatic carbocycles. The predicted octanol–water partition coefficient (Wildman–Crippen LogP) is 3.79. The summed E-state index contributed by atoms with van der Waals surface area (Å²) in [4.78, 5) is 11.7. The van der Waals surface area contributed by atoms with E-state index in [-0.39, 0.29) is 12.2 Å². The van der Waals surface area contributed by atoms with Gasteiger partial charge in [-0.15, -0.1) is 11.8 Å². The third kappa shape index (κ3) is 5.14. The number of benzene rings is 1. The molecule has 0 saturated heterocycles. The van der Waals surface area contributed by atoms with E-state index in [9.17, 15) is 18.0 Å². The van der Waals surface area contributed by atoms with E-state index in [0.717, 1.165) is 11.8 Å². The molecule has 0 atom stereocenters. The zero-order valence-corrected chi connectivity index (χ0v) is 11.7. The largest absolute Gasteiger partial charge is 0.496 e. The zero-order chi connectivity index (χ0) is 14.6. The van der Waals surface area contributed by atoms with Crippen LogP contribution < -0.4 is 4.74 Å². The van der Waals surface area contributed by atoms with Gasteiger partial charge in [-0.05, 0) is 31.5 Å². The summed E-state index contributed by atoms with van der Waals surface area (Å²) in [6, 6.07) is 3.27. The number of thioether (sulfide) groups is 1. The summed E-state index contributed by atoms with van der Waals surface area (Å²) in [7, 11) is 1.47. The second-order valence-corrected chi connectivity index (χ2v) is 5.23. The minimum Gasteiger partial charge on any atom is -0.496 e. The minimum atomic E-state index is -4.21. The van der Waals surface area contributed by atoms with Crippen LogP contribution in [0.25, 0.3) is 0 Å². The van der Waals surface area contributed by atoms with Crippen molar-refractivity contribution in [2.45, 2.75) is 31.3 Å². The summed E-state index contributed by atoms with van der Waals surface area (Å²) in [5.74, 6) is -0.474. The number of methoxy groups -OCH3 is 1. The highest BCUT2D eigenvalue weighted by Gasteiger charge is 2.27. The van der Waals surface area contributed by atoms with Crippen LogP contribution in [-0.4, -0.2) is 24.8 Å². The van der Waals surface area contributed by atoms with Gasteiger partial charge in [-0.2, -0.15) is 13.2 Å². The SMILES string of the molecule is COc1cc(C)c(SCC(F)(F)F)cc1CC(C)=O. The number of hydrogen-bond acceptors (Lipinski definition) is 3. The van der Waals surface area contributed by atoms with E-state index in [1.807, 2.05) is 0 Å². The maximum absolute atomic E-state index is 12.2. The van der Waals surface area contributed by atoms with Crippen LogP contribution in [0.2, 0.25) is 0 Å². The number of carbonyl (C=O) groups is 1. The number of ketones is 1. The minimum absolute atomic E-state index is 0.0612. The molecule has 1 aromatic rings. The molecule has 0 spiro atoms. The van der Waals surface area contributed by atoms with Gasteiger partial charge in [0.15, 0.2) is 0 Å². The Balaban J connectivity index is 3.01. The molecule has 0 heterocycles. The quantitative estimate of drug-likeness (QED) is 0.772. The van der Waals surface area contributed by atoms with Crippen LogP contribution >= 0.6 is 11.8 Å². The molecule has 19 heavy (non-hydrogen) atoms. The highest BCUT2D eigenvalue weighted by atomic mass is 32.2. The lowest BCUT2D eigenvalue weighted by Crippen LogP contribution is -2.11. The van der Waals surface area contributed by atoms with Crippen molar-refractivity contribution >= 4 is 17.5 Å². The van der Waals surface area contributed by atoms with Gasteiger partial charge in [0.1, 0.15) is 11.5 Å². The standard InChI is InChI=1S/C13H15F3O2S/c1-8-4-11(18-3)10(5-9(2)17)6-12(8)19-7-13(14,15)16/h4,6H,5,7H2,1-3H3. The Hall–Kier alpha value is -1.17. The average Bonchev–Trinajstić information content (AvgIpc) is 2.27. The fourth-order valence-electron chi connectivity index (χ4n) is 1.62. The summed E-state index contributed by atoms with van der Waals surface area (Å²) >= 11 is 0.723. The van der Waals surface area contributed by atoms with Crippen molar-refractivity contribution < 1.29 is 22.7 Å². The molecule has 0 bridgehead atoms. The van der Waals surface area contributed by atoms with Crippen molar-refractivity contribution in [2.75, 3.05) is 12.9 Å². The molecule has 0 unspecified atom stereocenters. The first-order chi connectivity index (χ1) is 8.73. The molecular weight excluding hydrogens is 277 g/mol. The summed E-state index contributed by atoms with van der Waals surface area (Å²) in [5, 5.41) is 0. The van der Waals surface area contributed by atoms with Gasteiger partial charge in [-0.1, -0.05) is 0 Å². The third-order valence-electron chi connectivity index (χ3n) is 2.41. The van der Waals surface area contributed by atoms with Crippen molar-refractivity contribution in [3.05, 3.63) is 23.3 Å². The van der Waals surface area contributed by atoms with Crippen LogP contribution in [0.4, 0.5) is 13.2 Å². The molecule has 1 rings (SSSR count). The van der Waals surface area contributed by atoms with Crippen molar-refractivity contribution in [3.63, 3.8) is 0 Å². The summed E-state index contributed by atoms with van der Waals surface area (Å²) < 4.78 is 41.8. The molecule has 0 amide bonds. The Morgan fingerprint density at radius 3 is 2.47 bits per heavy atom. The number of hydrogen-bond donors (Lipinski definition) is 0.